The predicted molar refractivity (Wildman–Crippen MR) is 130 cm³/mol. The average molecular weight is 471 g/mol. The van der Waals surface area contributed by atoms with Gasteiger partial charge in [-0.1, -0.05) is 20.8 Å². The van der Waals surface area contributed by atoms with Crippen LogP contribution in [-0.2, 0) is 15.4 Å². The molecule has 33 heavy (non-hydrogen) atoms. The molecule has 3 heterocycles. The topological polar surface area (TPSA) is 113 Å². The van der Waals surface area contributed by atoms with E-state index in [0.29, 0.717) is 22.4 Å². The Hall–Kier alpha value is -2.75. The lowest BCUT2D eigenvalue weighted by Gasteiger charge is -2.35. The fourth-order valence-electron chi connectivity index (χ4n) is 4.29. The first kappa shape index (κ1) is 23.4. The van der Waals surface area contributed by atoms with Crippen molar-refractivity contribution in [3.8, 4) is 16.9 Å². The molecule has 4 rings (SSSR count). The predicted octanol–water partition coefficient (Wildman–Crippen LogP) is 2.71. The molecule has 1 aromatic carbocycles. The molecule has 0 bridgehead atoms. The van der Waals surface area contributed by atoms with E-state index in [1.54, 1.807) is 31.6 Å². The lowest BCUT2D eigenvalue weighted by Crippen LogP contribution is -2.49. The van der Waals surface area contributed by atoms with Gasteiger partial charge in [-0.15, -0.1) is 0 Å². The van der Waals surface area contributed by atoms with Crippen molar-refractivity contribution in [1.82, 2.24) is 20.0 Å². The van der Waals surface area contributed by atoms with Gasteiger partial charge in [0.25, 0.3) is 5.56 Å². The Balaban J connectivity index is 2.02. The third-order valence-electron chi connectivity index (χ3n) is 6.05. The number of aromatic amines is 1. The molecular formula is C24H30N4O4S. The SMILES string of the molecule is COc1c(C(C)(C)C)cc(-c2ccc[nH]c2=O)c2ncc(C(NS(C)(=O)=O)C3CNC3)cc12. The molecule has 1 aliphatic rings. The van der Waals surface area contributed by atoms with Crippen LogP contribution in [0.25, 0.3) is 22.0 Å². The molecule has 1 aliphatic heterocycles. The second kappa shape index (κ2) is 8.55. The molecular weight excluding hydrogens is 440 g/mol. The monoisotopic (exact) mass is 470 g/mol. The van der Waals surface area contributed by atoms with E-state index in [2.05, 4.69) is 35.8 Å². The van der Waals surface area contributed by atoms with E-state index in [1.165, 1.54) is 6.26 Å². The lowest BCUT2D eigenvalue weighted by atomic mass is 9.82. The number of fused-ring (bicyclic) bond motifs is 1. The lowest BCUT2D eigenvalue weighted by molar-refractivity contribution is 0.280. The van der Waals surface area contributed by atoms with E-state index >= 15 is 0 Å². The minimum absolute atomic E-state index is 0.118. The molecule has 8 nitrogen and oxygen atoms in total. The third kappa shape index (κ3) is 4.66. The standard InChI is InChI=1S/C24H30N4O4S/c1-24(2,3)19-10-17(16-7-6-8-26-23(16)29)21-18(22(19)32-4)9-14(13-27-21)20(15-11-25-12-15)28-33(5,30)31/h6-10,13,15,20,25,28H,11-12H2,1-5H3,(H,26,29). The number of nitrogens with zero attached hydrogens (tertiary/aromatic N) is 1. The van der Waals surface area contributed by atoms with Crippen LogP contribution in [0.5, 0.6) is 5.75 Å². The molecule has 0 aliphatic carbocycles. The number of hydrogen-bond acceptors (Lipinski definition) is 6. The zero-order valence-electron chi connectivity index (χ0n) is 19.5. The van der Waals surface area contributed by atoms with Crippen molar-refractivity contribution < 1.29 is 13.2 Å². The van der Waals surface area contributed by atoms with Crippen LogP contribution in [0.3, 0.4) is 0 Å². The quantitative estimate of drug-likeness (QED) is 0.511. The highest BCUT2D eigenvalue weighted by molar-refractivity contribution is 7.88. The van der Waals surface area contributed by atoms with Gasteiger partial charge in [0.2, 0.25) is 10.0 Å². The van der Waals surface area contributed by atoms with E-state index < -0.39 is 16.1 Å². The number of hydrogen-bond donors (Lipinski definition) is 3. The van der Waals surface area contributed by atoms with Gasteiger partial charge < -0.3 is 15.0 Å². The number of ether oxygens (including phenoxy) is 1. The Morgan fingerprint density at radius 1 is 1.21 bits per heavy atom. The Kier molecular flexibility index (Phi) is 6.07. The summed E-state index contributed by atoms with van der Waals surface area (Å²) in [5.41, 5.74) is 3.09. The smallest absolute Gasteiger partial charge is 0.255 e. The van der Waals surface area contributed by atoms with Crippen molar-refractivity contribution in [2.75, 3.05) is 26.5 Å². The number of sulfonamides is 1. The molecule has 3 aromatic rings. The van der Waals surface area contributed by atoms with Crippen LogP contribution < -0.4 is 20.3 Å². The van der Waals surface area contributed by atoms with Gasteiger partial charge in [0.15, 0.2) is 0 Å². The van der Waals surface area contributed by atoms with Crippen LogP contribution in [0, 0.1) is 5.92 Å². The van der Waals surface area contributed by atoms with Crippen molar-refractivity contribution in [2.45, 2.75) is 32.2 Å². The molecule has 3 N–H and O–H groups in total. The molecule has 0 saturated carbocycles. The van der Waals surface area contributed by atoms with Gasteiger partial charge in [-0.3, -0.25) is 9.78 Å². The highest BCUT2D eigenvalue weighted by Gasteiger charge is 2.32. The summed E-state index contributed by atoms with van der Waals surface area (Å²) in [6.07, 6.45) is 4.46. The summed E-state index contributed by atoms with van der Waals surface area (Å²) < 4.78 is 32.8. The van der Waals surface area contributed by atoms with E-state index in [1.807, 2.05) is 12.1 Å². The van der Waals surface area contributed by atoms with Crippen LogP contribution >= 0.6 is 0 Å². The Labute approximate surface area is 193 Å². The van der Waals surface area contributed by atoms with Gasteiger partial charge in [0, 0.05) is 53.5 Å². The number of pyridine rings is 2. The molecule has 0 amide bonds. The molecule has 0 radical (unpaired) electrons. The minimum Gasteiger partial charge on any atom is -0.496 e. The molecule has 1 fully saturated rings. The first-order valence-electron chi connectivity index (χ1n) is 10.9. The van der Waals surface area contributed by atoms with E-state index in [0.717, 1.165) is 29.6 Å². The summed E-state index contributed by atoms with van der Waals surface area (Å²) >= 11 is 0. The zero-order chi connectivity index (χ0) is 24.0. The van der Waals surface area contributed by atoms with Crippen molar-refractivity contribution in [1.29, 1.82) is 0 Å². The molecule has 1 atom stereocenters. The summed E-state index contributed by atoms with van der Waals surface area (Å²) in [5.74, 6) is 0.792. The molecule has 1 unspecified atom stereocenters. The second-order valence-electron chi connectivity index (χ2n) is 9.62. The maximum Gasteiger partial charge on any atom is 0.255 e. The molecule has 176 valence electrons. The van der Waals surface area contributed by atoms with E-state index in [4.69, 9.17) is 9.72 Å². The van der Waals surface area contributed by atoms with Gasteiger partial charge in [-0.2, -0.15) is 0 Å². The van der Waals surface area contributed by atoms with Gasteiger partial charge in [0.1, 0.15) is 5.75 Å². The fraction of sp³-hybridized carbons (Fsp3) is 0.417. The summed E-state index contributed by atoms with van der Waals surface area (Å²) in [6, 6.07) is 7.06. The van der Waals surface area contributed by atoms with Crippen LogP contribution in [0.2, 0.25) is 0 Å². The molecule has 9 heteroatoms. The maximum atomic E-state index is 12.6. The normalized spacial score (nSPS) is 15.9. The number of aromatic nitrogens is 2. The van der Waals surface area contributed by atoms with E-state index in [-0.39, 0.29) is 16.9 Å². The zero-order valence-corrected chi connectivity index (χ0v) is 20.3. The van der Waals surface area contributed by atoms with Gasteiger partial charge in [-0.25, -0.2) is 13.1 Å². The average Bonchev–Trinajstić information content (AvgIpc) is 2.69. The Bertz CT molecular complexity index is 1360. The highest BCUT2D eigenvalue weighted by atomic mass is 32.2. The summed E-state index contributed by atoms with van der Waals surface area (Å²) in [6.45, 7) is 7.69. The fourth-order valence-corrected chi connectivity index (χ4v) is 5.08. The Morgan fingerprint density at radius 2 is 1.94 bits per heavy atom. The number of benzene rings is 1. The molecule has 0 spiro atoms. The van der Waals surface area contributed by atoms with Crippen LogP contribution in [0.4, 0.5) is 0 Å². The van der Waals surface area contributed by atoms with Crippen LogP contribution in [0.1, 0.15) is 37.9 Å². The van der Waals surface area contributed by atoms with Crippen LogP contribution in [-0.4, -0.2) is 44.8 Å². The maximum absolute atomic E-state index is 12.6. The second-order valence-corrected chi connectivity index (χ2v) is 11.4. The molecule has 1 saturated heterocycles. The van der Waals surface area contributed by atoms with Crippen molar-refractivity contribution in [3.05, 3.63) is 58.1 Å². The summed E-state index contributed by atoms with van der Waals surface area (Å²) in [5, 5.41) is 3.95. The summed E-state index contributed by atoms with van der Waals surface area (Å²) in [4.78, 5) is 20.1. The number of nitrogens with one attached hydrogen (secondary N) is 3. The van der Waals surface area contributed by atoms with Crippen molar-refractivity contribution >= 4 is 20.9 Å². The largest absolute Gasteiger partial charge is 0.496 e. The summed E-state index contributed by atoms with van der Waals surface area (Å²) in [7, 11) is -1.81. The minimum atomic E-state index is -3.43. The van der Waals surface area contributed by atoms with Crippen molar-refractivity contribution in [2.24, 2.45) is 5.92 Å². The third-order valence-corrected chi connectivity index (χ3v) is 6.73. The van der Waals surface area contributed by atoms with Gasteiger partial charge in [-0.05, 0) is 35.2 Å². The first-order valence-corrected chi connectivity index (χ1v) is 12.8. The van der Waals surface area contributed by atoms with E-state index in [9.17, 15) is 13.2 Å². The molecule has 2 aromatic heterocycles. The van der Waals surface area contributed by atoms with Gasteiger partial charge in [0.05, 0.1) is 24.9 Å². The highest BCUT2D eigenvalue weighted by Crippen LogP contribution is 2.42. The van der Waals surface area contributed by atoms with Crippen molar-refractivity contribution in [3.63, 3.8) is 0 Å². The number of methoxy groups -OCH3 is 1. The number of rotatable bonds is 6. The number of H-pyrrole nitrogens is 1. The Morgan fingerprint density at radius 3 is 2.48 bits per heavy atom. The van der Waals surface area contributed by atoms with Gasteiger partial charge >= 0.3 is 0 Å². The van der Waals surface area contributed by atoms with Crippen LogP contribution in [0.15, 0.2) is 41.5 Å². The first-order chi connectivity index (χ1) is 15.5.